The van der Waals surface area contributed by atoms with E-state index in [1.165, 1.54) is 0 Å². The lowest BCUT2D eigenvalue weighted by Gasteiger charge is -2.09. The summed E-state index contributed by atoms with van der Waals surface area (Å²) in [5.74, 6) is 0.626. The molecular weight excluding hydrogens is 321 g/mol. The number of aromatic amines is 1. The molecule has 2 N–H and O–H groups in total. The van der Waals surface area contributed by atoms with Gasteiger partial charge < -0.3 is 10.3 Å². The van der Waals surface area contributed by atoms with Crippen LogP contribution in [0.2, 0.25) is 10.0 Å². The van der Waals surface area contributed by atoms with Gasteiger partial charge in [0.05, 0.1) is 11.0 Å². The van der Waals surface area contributed by atoms with Gasteiger partial charge in [0, 0.05) is 27.7 Å². The van der Waals surface area contributed by atoms with E-state index in [1.807, 2.05) is 13.0 Å². The summed E-state index contributed by atoms with van der Waals surface area (Å²) in [6.07, 6.45) is 0. The van der Waals surface area contributed by atoms with E-state index in [2.05, 4.69) is 15.3 Å². The van der Waals surface area contributed by atoms with Gasteiger partial charge in [-0.05, 0) is 37.3 Å². The van der Waals surface area contributed by atoms with E-state index in [-0.39, 0.29) is 12.5 Å². The van der Waals surface area contributed by atoms with E-state index in [1.54, 1.807) is 30.3 Å². The maximum absolute atomic E-state index is 12.3. The molecule has 1 aromatic heterocycles. The summed E-state index contributed by atoms with van der Waals surface area (Å²) in [6, 6.07) is 10.6. The van der Waals surface area contributed by atoms with Crippen molar-refractivity contribution in [2.75, 3.05) is 0 Å². The Bertz CT molecular complexity index is 837. The van der Waals surface area contributed by atoms with Crippen molar-refractivity contribution in [2.24, 2.45) is 0 Å². The minimum absolute atomic E-state index is 0.190. The van der Waals surface area contributed by atoms with Crippen molar-refractivity contribution in [3.63, 3.8) is 0 Å². The smallest absolute Gasteiger partial charge is 0.251 e. The fourth-order valence-electron chi connectivity index (χ4n) is 2.25. The molecule has 0 fully saturated rings. The van der Waals surface area contributed by atoms with E-state index in [9.17, 15) is 4.79 Å². The molecule has 4 nitrogen and oxygen atoms in total. The topological polar surface area (TPSA) is 57.8 Å². The number of imidazole rings is 1. The molecule has 3 rings (SSSR count). The first-order valence-electron chi connectivity index (χ1n) is 6.72. The minimum Gasteiger partial charge on any atom is -0.348 e. The van der Waals surface area contributed by atoms with Crippen LogP contribution in [0.15, 0.2) is 36.4 Å². The number of benzene rings is 2. The molecule has 22 heavy (non-hydrogen) atoms. The lowest BCUT2D eigenvalue weighted by molar-refractivity contribution is 0.0951. The Balaban J connectivity index is 1.78. The van der Waals surface area contributed by atoms with Gasteiger partial charge in [0.1, 0.15) is 5.82 Å². The number of carbonyl (C=O) groups excluding carboxylic acids is 1. The van der Waals surface area contributed by atoms with Crippen molar-refractivity contribution in [3.05, 3.63) is 63.4 Å². The average molecular weight is 334 g/mol. The first kappa shape index (κ1) is 14.9. The summed E-state index contributed by atoms with van der Waals surface area (Å²) in [5.41, 5.74) is 2.93. The molecule has 112 valence electrons. The van der Waals surface area contributed by atoms with Crippen molar-refractivity contribution in [2.45, 2.75) is 13.5 Å². The van der Waals surface area contributed by atoms with Gasteiger partial charge in [-0.3, -0.25) is 4.79 Å². The highest BCUT2D eigenvalue weighted by Crippen LogP contribution is 2.24. The third-order valence-electron chi connectivity index (χ3n) is 3.35. The van der Waals surface area contributed by atoms with Gasteiger partial charge in [0.25, 0.3) is 5.91 Å². The molecule has 0 unspecified atom stereocenters. The number of aryl methyl sites for hydroxylation is 1. The van der Waals surface area contributed by atoms with Crippen LogP contribution in [-0.4, -0.2) is 15.9 Å². The van der Waals surface area contributed by atoms with Gasteiger partial charge in [-0.2, -0.15) is 0 Å². The molecule has 1 amide bonds. The highest BCUT2D eigenvalue weighted by molar-refractivity contribution is 6.36. The van der Waals surface area contributed by atoms with Crippen molar-refractivity contribution in [3.8, 4) is 0 Å². The number of amides is 1. The predicted molar refractivity (Wildman–Crippen MR) is 88.5 cm³/mol. The number of rotatable bonds is 3. The molecule has 0 aliphatic carbocycles. The zero-order valence-corrected chi connectivity index (χ0v) is 13.3. The number of halogens is 2. The van der Waals surface area contributed by atoms with Gasteiger partial charge in [-0.15, -0.1) is 0 Å². The summed E-state index contributed by atoms with van der Waals surface area (Å²) in [5, 5.41) is 3.90. The Hall–Kier alpha value is -2.04. The van der Waals surface area contributed by atoms with Gasteiger partial charge >= 0.3 is 0 Å². The van der Waals surface area contributed by atoms with Crippen LogP contribution in [0.4, 0.5) is 0 Å². The van der Waals surface area contributed by atoms with Gasteiger partial charge in [-0.1, -0.05) is 29.3 Å². The van der Waals surface area contributed by atoms with E-state index in [0.717, 1.165) is 16.9 Å². The number of nitrogens with one attached hydrogen (secondary N) is 2. The van der Waals surface area contributed by atoms with Crippen LogP contribution >= 0.6 is 23.2 Å². The fourth-order valence-corrected chi connectivity index (χ4v) is 2.78. The fraction of sp³-hybridized carbons (Fsp3) is 0.125. The van der Waals surface area contributed by atoms with Crippen LogP contribution in [0.3, 0.4) is 0 Å². The molecule has 6 heteroatoms. The molecular formula is C16H13Cl2N3O. The standard InChI is InChI=1S/C16H13Cl2N3O/c1-9-20-14-6-5-10(7-15(14)21-9)16(22)19-8-11-12(17)3-2-4-13(11)18/h2-7H,8H2,1H3,(H,19,22)(H,20,21). The molecule has 0 radical (unpaired) electrons. The second kappa shape index (κ2) is 5.99. The third-order valence-corrected chi connectivity index (χ3v) is 4.06. The van der Waals surface area contributed by atoms with Gasteiger partial charge in [0.15, 0.2) is 0 Å². The summed E-state index contributed by atoms with van der Waals surface area (Å²) in [6.45, 7) is 2.15. The molecule has 0 aliphatic heterocycles. The quantitative estimate of drug-likeness (QED) is 0.757. The number of hydrogen-bond donors (Lipinski definition) is 2. The van der Waals surface area contributed by atoms with Crippen molar-refractivity contribution >= 4 is 40.1 Å². The van der Waals surface area contributed by atoms with Crippen LogP contribution in [0, 0.1) is 6.92 Å². The Morgan fingerprint density at radius 1 is 1.23 bits per heavy atom. The monoisotopic (exact) mass is 333 g/mol. The molecule has 0 aliphatic rings. The van der Waals surface area contributed by atoms with E-state index in [0.29, 0.717) is 21.2 Å². The number of H-pyrrole nitrogens is 1. The molecule has 0 spiro atoms. The van der Waals surface area contributed by atoms with Crippen LogP contribution in [-0.2, 0) is 6.54 Å². The number of nitrogens with zero attached hydrogens (tertiary/aromatic N) is 1. The lowest BCUT2D eigenvalue weighted by Crippen LogP contribution is -2.23. The number of hydrogen-bond acceptors (Lipinski definition) is 2. The highest BCUT2D eigenvalue weighted by atomic mass is 35.5. The summed E-state index contributed by atoms with van der Waals surface area (Å²) in [7, 11) is 0. The lowest BCUT2D eigenvalue weighted by atomic mass is 10.1. The summed E-state index contributed by atoms with van der Waals surface area (Å²) in [4.78, 5) is 19.7. The van der Waals surface area contributed by atoms with Crippen molar-refractivity contribution < 1.29 is 4.79 Å². The summed E-state index contributed by atoms with van der Waals surface area (Å²) < 4.78 is 0. The Morgan fingerprint density at radius 3 is 2.68 bits per heavy atom. The molecule has 0 bridgehead atoms. The zero-order valence-electron chi connectivity index (χ0n) is 11.8. The number of aromatic nitrogens is 2. The SMILES string of the molecule is Cc1nc2ccc(C(=O)NCc3c(Cl)cccc3Cl)cc2[nH]1. The average Bonchev–Trinajstić information content (AvgIpc) is 2.85. The minimum atomic E-state index is -0.190. The van der Waals surface area contributed by atoms with Crippen molar-refractivity contribution in [1.82, 2.24) is 15.3 Å². The van der Waals surface area contributed by atoms with Crippen LogP contribution in [0.25, 0.3) is 11.0 Å². The number of fused-ring (bicyclic) bond motifs is 1. The molecule has 0 atom stereocenters. The van der Waals surface area contributed by atoms with E-state index < -0.39 is 0 Å². The first-order valence-corrected chi connectivity index (χ1v) is 7.47. The summed E-state index contributed by atoms with van der Waals surface area (Å²) >= 11 is 12.2. The molecule has 0 saturated carbocycles. The van der Waals surface area contributed by atoms with Crippen molar-refractivity contribution in [1.29, 1.82) is 0 Å². The Morgan fingerprint density at radius 2 is 1.95 bits per heavy atom. The van der Waals surface area contributed by atoms with E-state index in [4.69, 9.17) is 23.2 Å². The normalized spacial score (nSPS) is 10.9. The molecule has 1 heterocycles. The van der Waals surface area contributed by atoms with Gasteiger partial charge in [-0.25, -0.2) is 4.98 Å². The van der Waals surface area contributed by atoms with Crippen LogP contribution < -0.4 is 5.32 Å². The number of carbonyl (C=O) groups is 1. The Kier molecular flexibility index (Phi) is 4.05. The third kappa shape index (κ3) is 2.93. The van der Waals surface area contributed by atoms with Gasteiger partial charge in [0.2, 0.25) is 0 Å². The molecule has 0 saturated heterocycles. The maximum Gasteiger partial charge on any atom is 0.251 e. The molecule has 2 aromatic carbocycles. The maximum atomic E-state index is 12.3. The second-order valence-electron chi connectivity index (χ2n) is 4.94. The van der Waals surface area contributed by atoms with E-state index >= 15 is 0 Å². The Labute approximate surface area is 137 Å². The predicted octanol–water partition coefficient (Wildman–Crippen LogP) is 4.11. The van der Waals surface area contributed by atoms with Crippen LogP contribution in [0.1, 0.15) is 21.7 Å². The largest absolute Gasteiger partial charge is 0.348 e. The first-order chi connectivity index (χ1) is 10.5. The van der Waals surface area contributed by atoms with Crippen LogP contribution in [0.5, 0.6) is 0 Å². The second-order valence-corrected chi connectivity index (χ2v) is 5.75. The highest BCUT2D eigenvalue weighted by Gasteiger charge is 2.10. The molecule has 3 aromatic rings. The zero-order chi connectivity index (χ0) is 15.7.